The molecule has 0 amide bonds. The van der Waals surface area contributed by atoms with E-state index in [1.807, 2.05) is 0 Å². The first-order chi connectivity index (χ1) is 8.24. The minimum absolute atomic E-state index is 0.662. The highest BCUT2D eigenvalue weighted by Crippen LogP contribution is 2.54. The molecule has 2 aliphatic rings. The molecule has 0 bridgehead atoms. The Morgan fingerprint density at radius 1 is 0.647 bits per heavy atom. The van der Waals surface area contributed by atoms with Gasteiger partial charge in [-0.05, 0) is 62.2 Å². The molecule has 0 radical (unpaired) electrons. The van der Waals surface area contributed by atoms with Gasteiger partial charge in [0.05, 0.1) is 0 Å². The molecule has 2 fully saturated rings. The molecule has 100 valence electrons. The van der Waals surface area contributed by atoms with E-state index in [4.69, 9.17) is 0 Å². The third-order valence-electron chi connectivity index (χ3n) is 5.54. The molecule has 1 spiro atoms. The highest BCUT2D eigenvalue weighted by atomic mass is 79.9. The average Bonchev–Trinajstić information content (AvgIpc) is 2.36. The molecule has 2 saturated carbocycles. The molecule has 2 rings (SSSR count). The summed E-state index contributed by atoms with van der Waals surface area (Å²) in [6.45, 7) is 0. The van der Waals surface area contributed by atoms with E-state index in [1.54, 1.807) is 0 Å². The Bertz CT molecular complexity index is 213. The van der Waals surface area contributed by atoms with Gasteiger partial charge in [-0.1, -0.05) is 51.1 Å². The molecule has 0 N–H and O–H groups in total. The molecule has 0 aliphatic heterocycles. The maximum Gasteiger partial charge on any atom is 0.00365 e. The normalized spacial score (nSPS) is 27.2. The van der Waals surface area contributed by atoms with Crippen molar-refractivity contribution in [3.63, 3.8) is 0 Å². The average molecular weight is 366 g/mol. The Hall–Kier alpha value is 0.960. The van der Waals surface area contributed by atoms with Crippen LogP contribution in [0.5, 0.6) is 0 Å². The second-order valence-corrected chi connectivity index (χ2v) is 8.02. The van der Waals surface area contributed by atoms with Crippen LogP contribution in [0.4, 0.5) is 0 Å². The fraction of sp³-hybridized carbons (Fsp3) is 1.00. The molecule has 0 aromatic rings. The first-order valence-electron chi connectivity index (χ1n) is 7.36. The maximum atomic E-state index is 3.66. The summed E-state index contributed by atoms with van der Waals surface area (Å²) >= 11 is 7.32. The predicted molar refractivity (Wildman–Crippen MR) is 83.2 cm³/mol. The molecule has 0 nitrogen and oxygen atoms in total. The van der Waals surface area contributed by atoms with E-state index in [0.29, 0.717) is 5.41 Å². The van der Waals surface area contributed by atoms with Gasteiger partial charge in [0.1, 0.15) is 0 Å². The first-order valence-corrected chi connectivity index (χ1v) is 9.61. The number of rotatable bonds is 4. The van der Waals surface area contributed by atoms with Crippen LogP contribution in [-0.4, -0.2) is 10.7 Å². The molecule has 0 unspecified atom stereocenters. The third kappa shape index (κ3) is 3.49. The standard InChI is InChI=1S/C15H26Br2/c16-12-10-15(11-13-17)8-6-14(7-9-15)4-2-1-3-5-14/h1-13H2. The van der Waals surface area contributed by atoms with Gasteiger partial charge in [0, 0.05) is 10.7 Å². The Morgan fingerprint density at radius 3 is 1.65 bits per heavy atom. The van der Waals surface area contributed by atoms with E-state index in [9.17, 15) is 0 Å². The van der Waals surface area contributed by atoms with Crippen LogP contribution in [0.25, 0.3) is 0 Å². The minimum atomic E-state index is 0.662. The van der Waals surface area contributed by atoms with Crippen LogP contribution in [-0.2, 0) is 0 Å². The van der Waals surface area contributed by atoms with Crippen molar-refractivity contribution in [1.29, 1.82) is 0 Å². The Labute approximate surface area is 124 Å². The van der Waals surface area contributed by atoms with Crippen LogP contribution in [0.15, 0.2) is 0 Å². The van der Waals surface area contributed by atoms with Gasteiger partial charge in [0.15, 0.2) is 0 Å². The van der Waals surface area contributed by atoms with E-state index in [1.165, 1.54) is 81.3 Å². The Morgan fingerprint density at radius 2 is 1.18 bits per heavy atom. The van der Waals surface area contributed by atoms with Crippen molar-refractivity contribution in [3.8, 4) is 0 Å². The lowest BCUT2D eigenvalue weighted by molar-refractivity contribution is 0.0423. The fourth-order valence-electron chi connectivity index (χ4n) is 4.14. The second-order valence-electron chi connectivity index (χ2n) is 6.44. The van der Waals surface area contributed by atoms with E-state index in [2.05, 4.69) is 31.9 Å². The van der Waals surface area contributed by atoms with Crippen molar-refractivity contribution in [2.75, 3.05) is 10.7 Å². The number of hydrogen-bond acceptors (Lipinski definition) is 0. The lowest BCUT2D eigenvalue weighted by Gasteiger charge is -2.48. The number of alkyl halides is 2. The summed E-state index contributed by atoms with van der Waals surface area (Å²) in [7, 11) is 0. The fourth-order valence-corrected chi connectivity index (χ4v) is 5.82. The minimum Gasteiger partial charge on any atom is -0.0928 e. The molecule has 0 aromatic carbocycles. The van der Waals surface area contributed by atoms with Crippen LogP contribution in [0, 0.1) is 10.8 Å². The van der Waals surface area contributed by atoms with Gasteiger partial charge < -0.3 is 0 Å². The zero-order chi connectivity index (χ0) is 12.2. The monoisotopic (exact) mass is 364 g/mol. The van der Waals surface area contributed by atoms with Crippen molar-refractivity contribution < 1.29 is 0 Å². The lowest BCUT2D eigenvalue weighted by atomic mass is 9.57. The van der Waals surface area contributed by atoms with Crippen molar-refractivity contribution in [3.05, 3.63) is 0 Å². The molecule has 2 aliphatic carbocycles. The van der Waals surface area contributed by atoms with Gasteiger partial charge in [0.25, 0.3) is 0 Å². The zero-order valence-electron chi connectivity index (χ0n) is 10.9. The van der Waals surface area contributed by atoms with Gasteiger partial charge in [-0.25, -0.2) is 0 Å². The van der Waals surface area contributed by atoms with E-state index >= 15 is 0 Å². The molecular weight excluding hydrogens is 340 g/mol. The zero-order valence-corrected chi connectivity index (χ0v) is 14.1. The van der Waals surface area contributed by atoms with Crippen LogP contribution in [0.2, 0.25) is 0 Å². The highest BCUT2D eigenvalue weighted by molar-refractivity contribution is 9.09. The second kappa shape index (κ2) is 6.41. The summed E-state index contributed by atoms with van der Waals surface area (Å²) in [5, 5.41) is 2.38. The SMILES string of the molecule is BrCCC1(CCBr)CCC2(CCCCC2)CC1. The van der Waals surface area contributed by atoms with Crippen LogP contribution in [0.1, 0.15) is 70.6 Å². The molecule has 0 heterocycles. The van der Waals surface area contributed by atoms with Gasteiger partial charge >= 0.3 is 0 Å². The molecule has 0 saturated heterocycles. The van der Waals surface area contributed by atoms with Crippen molar-refractivity contribution in [2.45, 2.75) is 70.6 Å². The molecular formula is C15H26Br2. The molecule has 0 aromatic heterocycles. The molecule has 0 atom stereocenters. The quantitative estimate of drug-likeness (QED) is 0.530. The third-order valence-corrected chi connectivity index (χ3v) is 6.33. The van der Waals surface area contributed by atoms with Crippen molar-refractivity contribution in [2.24, 2.45) is 10.8 Å². The van der Waals surface area contributed by atoms with Gasteiger partial charge in [-0.15, -0.1) is 0 Å². The van der Waals surface area contributed by atoms with Crippen LogP contribution in [0.3, 0.4) is 0 Å². The Balaban J connectivity index is 1.94. The van der Waals surface area contributed by atoms with Gasteiger partial charge in [-0.2, -0.15) is 0 Å². The first kappa shape index (κ1) is 14.4. The number of hydrogen-bond donors (Lipinski definition) is 0. The summed E-state index contributed by atoms with van der Waals surface area (Å²) in [5.74, 6) is 0. The van der Waals surface area contributed by atoms with Crippen molar-refractivity contribution in [1.82, 2.24) is 0 Å². The van der Waals surface area contributed by atoms with Crippen LogP contribution >= 0.6 is 31.9 Å². The topological polar surface area (TPSA) is 0 Å². The van der Waals surface area contributed by atoms with E-state index in [-0.39, 0.29) is 0 Å². The molecule has 17 heavy (non-hydrogen) atoms. The lowest BCUT2D eigenvalue weighted by Crippen LogP contribution is -2.36. The van der Waals surface area contributed by atoms with Crippen molar-refractivity contribution >= 4 is 31.9 Å². The summed E-state index contributed by atoms with van der Waals surface area (Å²) in [6.07, 6.45) is 16.4. The maximum absolute atomic E-state index is 3.66. The van der Waals surface area contributed by atoms with Gasteiger partial charge in [0.2, 0.25) is 0 Å². The summed E-state index contributed by atoms with van der Waals surface area (Å²) in [5.41, 5.74) is 1.44. The largest absolute Gasteiger partial charge is 0.0928 e. The summed E-state index contributed by atoms with van der Waals surface area (Å²) < 4.78 is 0. The predicted octanol–water partition coefficient (Wildman–Crippen LogP) is 6.07. The van der Waals surface area contributed by atoms with E-state index in [0.717, 1.165) is 5.41 Å². The number of halogens is 2. The smallest absolute Gasteiger partial charge is 0.00365 e. The van der Waals surface area contributed by atoms with Crippen LogP contribution < -0.4 is 0 Å². The Kier molecular flexibility index (Phi) is 5.42. The highest BCUT2D eigenvalue weighted by Gasteiger charge is 2.42. The van der Waals surface area contributed by atoms with E-state index < -0.39 is 0 Å². The molecule has 2 heteroatoms. The van der Waals surface area contributed by atoms with Gasteiger partial charge in [-0.3, -0.25) is 0 Å². The summed E-state index contributed by atoms with van der Waals surface area (Å²) in [4.78, 5) is 0. The summed E-state index contributed by atoms with van der Waals surface area (Å²) in [6, 6.07) is 0.